The zero-order valence-corrected chi connectivity index (χ0v) is 16.0. The van der Waals surface area contributed by atoms with E-state index in [0.717, 1.165) is 44.0 Å². The number of aromatic amines is 1. The lowest BCUT2D eigenvalue weighted by Crippen LogP contribution is -2.46. The predicted octanol–water partition coefficient (Wildman–Crippen LogP) is 2.21. The molecule has 1 fully saturated rings. The molecule has 0 unspecified atom stereocenters. The Morgan fingerprint density at radius 2 is 1.96 bits per heavy atom. The highest BCUT2D eigenvalue weighted by atomic mass is 19.1. The van der Waals surface area contributed by atoms with Crippen LogP contribution in [0.5, 0.6) is 0 Å². The summed E-state index contributed by atoms with van der Waals surface area (Å²) in [6.45, 7) is 8.94. The number of H-pyrrole nitrogens is 1. The van der Waals surface area contributed by atoms with E-state index in [2.05, 4.69) is 31.8 Å². The van der Waals surface area contributed by atoms with Crippen molar-refractivity contribution in [3.63, 3.8) is 0 Å². The Kier molecular flexibility index (Phi) is 4.95. The van der Waals surface area contributed by atoms with Gasteiger partial charge in [0.05, 0.1) is 17.1 Å². The van der Waals surface area contributed by atoms with E-state index in [1.165, 1.54) is 22.9 Å². The zero-order valence-electron chi connectivity index (χ0n) is 16.0. The quantitative estimate of drug-likeness (QED) is 0.749. The average molecular weight is 382 g/mol. The van der Waals surface area contributed by atoms with Crippen molar-refractivity contribution in [1.29, 1.82) is 0 Å². The Morgan fingerprint density at radius 3 is 2.64 bits per heavy atom. The molecule has 4 rings (SSSR count). The summed E-state index contributed by atoms with van der Waals surface area (Å²) < 4.78 is 14.8. The van der Waals surface area contributed by atoms with Crippen molar-refractivity contribution in [2.75, 3.05) is 37.6 Å². The molecule has 8 heteroatoms. The molecule has 1 N–H and O–H groups in total. The van der Waals surface area contributed by atoms with Crippen LogP contribution in [0.25, 0.3) is 16.9 Å². The number of nitrogens with zero attached hydrogens (tertiary/aromatic N) is 5. The second kappa shape index (κ2) is 7.55. The van der Waals surface area contributed by atoms with Crippen molar-refractivity contribution in [2.24, 2.45) is 0 Å². The topological polar surface area (TPSA) is 70.0 Å². The largest absolute Gasteiger partial charge is 0.338 e. The molecule has 7 nitrogen and oxygen atoms in total. The number of piperazine rings is 1. The summed E-state index contributed by atoms with van der Waals surface area (Å²) in [5.74, 6) is 0.316. The fourth-order valence-electron chi connectivity index (χ4n) is 3.48. The van der Waals surface area contributed by atoms with E-state index in [1.54, 1.807) is 18.3 Å². The first kappa shape index (κ1) is 18.4. The van der Waals surface area contributed by atoms with Gasteiger partial charge in [-0.15, -0.1) is 0 Å². The van der Waals surface area contributed by atoms with Gasteiger partial charge in [0.2, 0.25) is 5.95 Å². The molecule has 0 bridgehead atoms. The highest BCUT2D eigenvalue weighted by molar-refractivity contribution is 5.61. The number of aryl methyl sites for hydroxylation is 1. The molecule has 1 aromatic carbocycles. The number of likely N-dealkylation sites (N-methyl/N-ethyl adjacent to an activating group) is 1. The smallest absolute Gasteiger partial charge is 0.271 e. The number of nitrogens with one attached hydrogen (secondary N) is 1. The Bertz CT molecular complexity index is 1040. The summed E-state index contributed by atoms with van der Waals surface area (Å²) in [5.41, 5.74) is 2.33. The van der Waals surface area contributed by atoms with E-state index in [0.29, 0.717) is 17.3 Å². The summed E-state index contributed by atoms with van der Waals surface area (Å²) in [4.78, 5) is 26.1. The SMILES string of the molecule is CCN1CCN(c2ncc(-c3cc(=O)n(-c4cccc(F)c4)[nH]3)c(C)n2)CC1. The first-order valence-electron chi connectivity index (χ1n) is 9.44. The van der Waals surface area contributed by atoms with Crippen LogP contribution in [0.15, 0.2) is 41.3 Å². The third-order valence-electron chi connectivity index (χ3n) is 5.15. The third kappa shape index (κ3) is 3.55. The van der Waals surface area contributed by atoms with Gasteiger partial charge < -0.3 is 9.80 Å². The van der Waals surface area contributed by atoms with Crippen LogP contribution in [0.4, 0.5) is 10.3 Å². The van der Waals surface area contributed by atoms with Gasteiger partial charge in [-0.1, -0.05) is 13.0 Å². The lowest BCUT2D eigenvalue weighted by atomic mass is 10.2. The van der Waals surface area contributed by atoms with Crippen LogP contribution in [-0.2, 0) is 0 Å². The van der Waals surface area contributed by atoms with Crippen LogP contribution in [0.3, 0.4) is 0 Å². The highest BCUT2D eigenvalue weighted by Crippen LogP contribution is 2.22. The first-order valence-corrected chi connectivity index (χ1v) is 9.44. The van der Waals surface area contributed by atoms with E-state index in [1.807, 2.05) is 6.92 Å². The van der Waals surface area contributed by atoms with Gasteiger partial charge in [0, 0.05) is 44.0 Å². The van der Waals surface area contributed by atoms with Crippen LogP contribution in [-0.4, -0.2) is 57.4 Å². The molecule has 3 heterocycles. The lowest BCUT2D eigenvalue weighted by molar-refractivity contribution is 0.270. The minimum absolute atomic E-state index is 0.264. The normalized spacial score (nSPS) is 15.2. The fourth-order valence-corrected chi connectivity index (χ4v) is 3.48. The fraction of sp³-hybridized carbons (Fsp3) is 0.350. The molecular formula is C20H23FN6O. The number of hydrogen-bond acceptors (Lipinski definition) is 5. The van der Waals surface area contributed by atoms with Crippen LogP contribution >= 0.6 is 0 Å². The second-order valence-electron chi connectivity index (χ2n) is 6.91. The summed E-state index contributed by atoms with van der Waals surface area (Å²) in [7, 11) is 0. The first-order chi connectivity index (χ1) is 13.5. The number of anilines is 1. The molecular weight excluding hydrogens is 359 g/mol. The van der Waals surface area contributed by atoms with Gasteiger partial charge in [-0.2, -0.15) is 0 Å². The summed E-state index contributed by atoms with van der Waals surface area (Å²) in [5, 5.41) is 3.03. The van der Waals surface area contributed by atoms with Crippen molar-refractivity contribution in [3.8, 4) is 16.9 Å². The molecule has 146 valence electrons. The van der Waals surface area contributed by atoms with E-state index in [4.69, 9.17) is 0 Å². The Morgan fingerprint density at radius 1 is 1.18 bits per heavy atom. The molecule has 0 aliphatic carbocycles. The van der Waals surface area contributed by atoms with E-state index >= 15 is 0 Å². The summed E-state index contributed by atoms with van der Waals surface area (Å²) in [6.07, 6.45) is 1.74. The molecule has 3 aromatic rings. The molecule has 0 spiro atoms. The Hall–Kier alpha value is -3.00. The number of aromatic nitrogens is 4. The molecule has 2 aromatic heterocycles. The summed E-state index contributed by atoms with van der Waals surface area (Å²) in [6, 6.07) is 7.38. The van der Waals surface area contributed by atoms with Crippen molar-refractivity contribution in [1.82, 2.24) is 24.6 Å². The van der Waals surface area contributed by atoms with Gasteiger partial charge in [0.1, 0.15) is 5.82 Å². The zero-order chi connectivity index (χ0) is 19.7. The molecule has 1 saturated heterocycles. The molecule has 1 aliphatic rings. The molecule has 28 heavy (non-hydrogen) atoms. The second-order valence-corrected chi connectivity index (χ2v) is 6.91. The molecule has 0 radical (unpaired) electrons. The van der Waals surface area contributed by atoms with Crippen molar-refractivity contribution >= 4 is 5.95 Å². The monoisotopic (exact) mass is 382 g/mol. The minimum atomic E-state index is -0.396. The number of halogens is 1. The average Bonchev–Trinajstić information content (AvgIpc) is 3.09. The third-order valence-corrected chi connectivity index (χ3v) is 5.15. The maximum atomic E-state index is 13.5. The number of benzene rings is 1. The molecule has 0 atom stereocenters. The van der Waals surface area contributed by atoms with E-state index in [9.17, 15) is 9.18 Å². The van der Waals surface area contributed by atoms with Gasteiger partial charge in [-0.05, 0) is 31.7 Å². The van der Waals surface area contributed by atoms with Gasteiger partial charge >= 0.3 is 0 Å². The van der Waals surface area contributed by atoms with Crippen molar-refractivity contribution in [2.45, 2.75) is 13.8 Å². The van der Waals surface area contributed by atoms with Crippen molar-refractivity contribution in [3.05, 3.63) is 58.4 Å². The van der Waals surface area contributed by atoms with Crippen molar-refractivity contribution < 1.29 is 4.39 Å². The van der Waals surface area contributed by atoms with Gasteiger partial charge in [0.15, 0.2) is 0 Å². The van der Waals surface area contributed by atoms with E-state index < -0.39 is 5.82 Å². The minimum Gasteiger partial charge on any atom is -0.338 e. The number of rotatable bonds is 4. The highest BCUT2D eigenvalue weighted by Gasteiger charge is 2.19. The molecule has 1 aliphatic heterocycles. The molecule has 0 saturated carbocycles. The van der Waals surface area contributed by atoms with E-state index in [-0.39, 0.29) is 5.56 Å². The maximum Gasteiger partial charge on any atom is 0.271 e. The number of hydrogen-bond donors (Lipinski definition) is 1. The van der Waals surface area contributed by atoms with Crippen LogP contribution in [0, 0.1) is 12.7 Å². The molecule has 0 amide bonds. The summed E-state index contributed by atoms with van der Waals surface area (Å²) >= 11 is 0. The Labute approximate surface area is 162 Å². The van der Waals surface area contributed by atoms with Crippen LogP contribution in [0.2, 0.25) is 0 Å². The lowest BCUT2D eigenvalue weighted by Gasteiger charge is -2.34. The standard InChI is InChI=1S/C20H23FN6O/c1-3-25-7-9-26(10-8-25)20-22-13-17(14(2)23-20)18-12-19(28)27(24-18)16-6-4-5-15(21)11-16/h4-6,11-13,24H,3,7-10H2,1-2H3. The van der Waals surface area contributed by atoms with Crippen LogP contribution in [0.1, 0.15) is 12.6 Å². The van der Waals surface area contributed by atoms with Crippen LogP contribution < -0.4 is 10.5 Å². The van der Waals surface area contributed by atoms with Gasteiger partial charge in [-0.3, -0.25) is 9.89 Å². The predicted molar refractivity (Wildman–Crippen MR) is 106 cm³/mol. The maximum absolute atomic E-state index is 13.5. The van der Waals surface area contributed by atoms with Gasteiger partial charge in [0.25, 0.3) is 5.56 Å². The Balaban J connectivity index is 1.60. The van der Waals surface area contributed by atoms with Gasteiger partial charge in [-0.25, -0.2) is 19.0 Å².